The van der Waals surface area contributed by atoms with Gasteiger partial charge in [0.25, 0.3) is 0 Å². The average Bonchev–Trinajstić information content (AvgIpc) is 3.26. The van der Waals surface area contributed by atoms with Gasteiger partial charge in [0.15, 0.2) is 0 Å². The molecule has 1 amide bonds. The van der Waals surface area contributed by atoms with Crippen molar-refractivity contribution in [2.24, 2.45) is 0 Å². The summed E-state index contributed by atoms with van der Waals surface area (Å²) in [5, 5.41) is 7.08. The zero-order chi connectivity index (χ0) is 20.6. The van der Waals surface area contributed by atoms with Crippen LogP contribution in [0.4, 0.5) is 0 Å². The predicted octanol–water partition coefficient (Wildman–Crippen LogP) is 2.20. The van der Waals surface area contributed by atoms with Crippen molar-refractivity contribution in [3.8, 4) is 11.5 Å². The number of nitrogens with zero attached hydrogens (tertiary/aromatic N) is 6. The van der Waals surface area contributed by atoms with E-state index in [1.54, 1.807) is 24.8 Å². The summed E-state index contributed by atoms with van der Waals surface area (Å²) in [7, 11) is 0. The van der Waals surface area contributed by atoms with Crippen LogP contribution in [0.1, 0.15) is 43.1 Å². The van der Waals surface area contributed by atoms with Crippen molar-refractivity contribution in [3.63, 3.8) is 0 Å². The van der Waals surface area contributed by atoms with Gasteiger partial charge in [0.1, 0.15) is 5.69 Å². The first-order valence-electron chi connectivity index (χ1n) is 10.3. The summed E-state index contributed by atoms with van der Waals surface area (Å²) >= 11 is 0. The highest BCUT2D eigenvalue weighted by atomic mass is 16.5. The minimum Gasteiger partial charge on any atom is -0.356 e. The second kappa shape index (κ2) is 10.0. The molecule has 9 heteroatoms. The van der Waals surface area contributed by atoms with E-state index in [9.17, 15) is 4.79 Å². The number of hydrogen-bond donors (Lipinski definition) is 1. The first kappa shape index (κ1) is 20.1. The van der Waals surface area contributed by atoms with Crippen LogP contribution in [0.25, 0.3) is 11.5 Å². The molecule has 1 aliphatic heterocycles. The third-order valence-electron chi connectivity index (χ3n) is 5.21. The van der Waals surface area contributed by atoms with Gasteiger partial charge in [-0.25, -0.2) is 4.98 Å². The Morgan fingerprint density at radius 2 is 2.07 bits per heavy atom. The van der Waals surface area contributed by atoms with Crippen LogP contribution in [0.5, 0.6) is 0 Å². The number of nitrogens with one attached hydrogen (secondary N) is 1. The Labute approximate surface area is 175 Å². The van der Waals surface area contributed by atoms with Gasteiger partial charge >= 0.3 is 0 Å². The Kier molecular flexibility index (Phi) is 6.71. The molecule has 0 aliphatic carbocycles. The average molecular weight is 407 g/mol. The fourth-order valence-corrected chi connectivity index (χ4v) is 3.63. The number of rotatable bonds is 4. The van der Waals surface area contributed by atoms with Crippen LogP contribution in [0, 0.1) is 0 Å². The fourth-order valence-electron chi connectivity index (χ4n) is 3.63. The van der Waals surface area contributed by atoms with Crippen LogP contribution >= 0.6 is 0 Å². The summed E-state index contributed by atoms with van der Waals surface area (Å²) in [5.74, 6) is 1.18. The summed E-state index contributed by atoms with van der Waals surface area (Å²) < 4.78 is 5.54. The monoisotopic (exact) mass is 407 g/mol. The standard InChI is InChI=1S/C21H25N7O2/c29-19-6-12-28(15-16-3-1-7-22-13-16)11-2-4-17(5-8-25-19)21-26-20(27-30-21)18-14-23-9-10-24-18/h1,3,7,9-10,13-14,17H,2,4-6,8,11-12,15H2,(H,25,29). The number of hydrogen-bond acceptors (Lipinski definition) is 8. The van der Waals surface area contributed by atoms with Crippen LogP contribution in [-0.4, -0.2) is 55.5 Å². The zero-order valence-electron chi connectivity index (χ0n) is 16.8. The summed E-state index contributed by atoms with van der Waals surface area (Å²) in [6, 6.07) is 4.00. The molecule has 4 rings (SSSR count). The quantitative estimate of drug-likeness (QED) is 0.701. The maximum absolute atomic E-state index is 12.2. The lowest BCUT2D eigenvalue weighted by Gasteiger charge is -2.22. The molecule has 3 aromatic heterocycles. The summed E-state index contributed by atoms with van der Waals surface area (Å²) in [6.45, 7) is 2.99. The molecule has 1 atom stereocenters. The molecule has 1 fully saturated rings. The van der Waals surface area contributed by atoms with Crippen LogP contribution < -0.4 is 5.32 Å². The van der Waals surface area contributed by atoms with Gasteiger partial charge in [0.05, 0.1) is 6.20 Å². The summed E-state index contributed by atoms with van der Waals surface area (Å²) in [6.07, 6.45) is 11.6. The molecule has 156 valence electrons. The Balaban J connectivity index is 1.44. The van der Waals surface area contributed by atoms with Crippen LogP contribution in [0.2, 0.25) is 0 Å². The molecule has 1 N–H and O–H groups in total. The minimum atomic E-state index is 0.0672. The zero-order valence-corrected chi connectivity index (χ0v) is 16.8. The highest BCUT2D eigenvalue weighted by Crippen LogP contribution is 2.26. The molecule has 1 unspecified atom stereocenters. The lowest BCUT2D eigenvalue weighted by molar-refractivity contribution is -0.121. The van der Waals surface area contributed by atoms with Crippen LogP contribution in [0.3, 0.4) is 0 Å². The van der Waals surface area contributed by atoms with Gasteiger partial charge in [0, 0.05) is 56.8 Å². The van der Waals surface area contributed by atoms with E-state index in [1.807, 2.05) is 12.3 Å². The molecule has 30 heavy (non-hydrogen) atoms. The Morgan fingerprint density at radius 3 is 2.90 bits per heavy atom. The summed E-state index contributed by atoms with van der Waals surface area (Å²) in [5.41, 5.74) is 1.73. The number of carbonyl (C=O) groups is 1. The molecule has 1 aliphatic rings. The topological polar surface area (TPSA) is 110 Å². The van der Waals surface area contributed by atoms with Crippen LogP contribution in [-0.2, 0) is 11.3 Å². The lowest BCUT2D eigenvalue weighted by atomic mass is 9.99. The Hall–Kier alpha value is -3.20. The molecule has 0 saturated carbocycles. The largest absolute Gasteiger partial charge is 0.356 e. The van der Waals surface area contributed by atoms with E-state index in [2.05, 4.69) is 41.4 Å². The molecule has 0 spiro atoms. The molecule has 4 heterocycles. The highest BCUT2D eigenvalue weighted by molar-refractivity contribution is 5.76. The van der Waals surface area contributed by atoms with Crippen molar-refractivity contribution < 1.29 is 9.32 Å². The third kappa shape index (κ3) is 5.44. The number of amides is 1. The normalized spacial score (nSPS) is 19.1. The van der Waals surface area contributed by atoms with Gasteiger partial charge in [-0.15, -0.1) is 0 Å². The fraction of sp³-hybridized carbons (Fsp3) is 0.429. The van der Waals surface area contributed by atoms with Crippen molar-refractivity contribution in [3.05, 3.63) is 54.6 Å². The van der Waals surface area contributed by atoms with E-state index in [4.69, 9.17) is 4.52 Å². The molecular formula is C21H25N7O2. The maximum Gasteiger partial charge on any atom is 0.230 e. The second-order valence-electron chi connectivity index (χ2n) is 7.41. The first-order chi connectivity index (χ1) is 14.8. The molecule has 1 saturated heterocycles. The van der Waals surface area contributed by atoms with Gasteiger partial charge in [-0.3, -0.25) is 19.7 Å². The molecule has 0 bridgehead atoms. The van der Waals surface area contributed by atoms with E-state index in [0.29, 0.717) is 30.4 Å². The molecule has 9 nitrogen and oxygen atoms in total. The predicted molar refractivity (Wildman–Crippen MR) is 109 cm³/mol. The van der Waals surface area contributed by atoms with Crippen LogP contribution in [0.15, 0.2) is 47.6 Å². The molecule has 3 aromatic rings. The SMILES string of the molecule is O=C1CCN(Cc2cccnc2)CCCC(c2nc(-c3cnccn3)no2)CCN1. The smallest absolute Gasteiger partial charge is 0.230 e. The third-order valence-corrected chi connectivity index (χ3v) is 5.21. The number of carbonyl (C=O) groups excluding carboxylic acids is 1. The molecule has 0 radical (unpaired) electrons. The Bertz CT molecular complexity index is 933. The first-order valence-corrected chi connectivity index (χ1v) is 10.3. The summed E-state index contributed by atoms with van der Waals surface area (Å²) in [4.78, 5) is 31.5. The van der Waals surface area contributed by atoms with Gasteiger partial charge in [-0.2, -0.15) is 4.98 Å². The second-order valence-corrected chi connectivity index (χ2v) is 7.41. The van der Waals surface area contributed by atoms with Crippen molar-refractivity contribution in [1.29, 1.82) is 0 Å². The van der Waals surface area contributed by atoms with E-state index in [0.717, 1.165) is 44.5 Å². The highest BCUT2D eigenvalue weighted by Gasteiger charge is 2.22. The van der Waals surface area contributed by atoms with Gasteiger partial charge < -0.3 is 9.84 Å². The van der Waals surface area contributed by atoms with Crippen molar-refractivity contribution in [1.82, 2.24) is 35.3 Å². The van der Waals surface area contributed by atoms with Crippen molar-refractivity contribution in [2.75, 3.05) is 19.6 Å². The van der Waals surface area contributed by atoms with Gasteiger partial charge in [0.2, 0.25) is 17.6 Å². The lowest BCUT2D eigenvalue weighted by Crippen LogP contribution is -2.31. The van der Waals surface area contributed by atoms with Crippen molar-refractivity contribution >= 4 is 5.91 Å². The van der Waals surface area contributed by atoms with Crippen molar-refractivity contribution in [2.45, 2.75) is 38.1 Å². The van der Waals surface area contributed by atoms with E-state index >= 15 is 0 Å². The van der Waals surface area contributed by atoms with E-state index in [1.165, 1.54) is 0 Å². The van der Waals surface area contributed by atoms with Gasteiger partial charge in [-0.05, 0) is 37.4 Å². The van der Waals surface area contributed by atoms with E-state index < -0.39 is 0 Å². The number of pyridine rings is 1. The van der Waals surface area contributed by atoms with Gasteiger partial charge in [-0.1, -0.05) is 11.2 Å². The molecular weight excluding hydrogens is 382 g/mol. The number of aromatic nitrogens is 5. The van der Waals surface area contributed by atoms with E-state index in [-0.39, 0.29) is 11.8 Å². The molecule has 0 aromatic carbocycles. The minimum absolute atomic E-state index is 0.0672. The maximum atomic E-state index is 12.2. The Morgan fingerprint density at radius 1 is 1.13 bits per heavy atom.